The first-order valence-electron chi connectivity index (χ1n) is 8.01. The van der Waals surface area contributed by atoms with Crippen molar-refractivity contribution in [1.82, 2.24) is 14.9 Å². The molecule has 1 saturated heterocycles. The van der Waals surface area contributed by atoms with Crippen LogP contribution in [-0.4, -0.2) is 27.3 Å². The van der Waals surface area contributed by atoms with E-state index in [1.807, 2.05) is 47.4 Å². The minimum absolute atomic E-state index is 0.0954. The van der Waals surface area contributed by atoms with Gasteiger partial charge in [0.25, 0.3) is 0 Å². The standard InChI is InChI=1S/C19H19N3O/c1-13(14-7-3-2-4-8-14)22-12-15(11-18(22)23)19-20-16-9-5-6-10-17(16)21-19/h2-10,13,15H,11-12H2,1H3,(H,20,21)/t13-,15-/m0/s1. The van der Waals surface area contributed by atoms with Crippen LogP contribution in [0.25, 0.3) is 11.0 Å². The van der Waals surface area contributed by atoms with Crippen molar-refractivity contribution < 1.29 is 4.79 Å². The average molecular weight is 305 g/mol. The van der Waals surface area contributed by atoms with Gasteiger partial charge in [-0.05, 0) is 24.6 Å². The molecule has 0 radical (unpaired) electrons. The largest absolute Gasteiger partial charge is 0.342 e. The molecule has 2 aromatic carbocycles. The van der Waals surface area contributed by atoms with Crippen molar-refractivity contribution in [2.45, 2.75) is 25.3 Å². The number of nitrogens with zero attached hydrogens (tertiary/aromatic N) is 2. The van der Waals surface area contributed by atoms with Crippen molar-refractivity contribution in [3.63, 3.8) is 0 Å². The first kappa shape index (κ1) is 14.0. The zero-order chi connectivity index (χ0) is 15.8. The van der Waals surface area contributed by atoms with Crippen LogP contribution in [0.2, 0.25) is 0 Å². The summed E-state index contributed by atoms with van der Waals surface area (Å²) in [5, 5.41) is 0. The second-order valence-corrected chi connectivity index (χ2v) is 6.17. The molecule has 2 atom stereocenters. The van der Waals surface area contributed by atoms with Crippen molar-refractivity contribution >= 4 is 16.9 Å². The molecule has 4 rings (SSSR count). The molecule has 116 valence electrons. The Morgan fingerprint density at radius 3 is 2.65 bits per heavy atom. The lowest BCUT2D eigenvalue weighted by atomic mass is 10.1. The average Bonchev–Trinajstić information content (AvgIpc) is 3.18. The van der Waals surface area contributed by atoms with E-state index in [1.54, 1.807) is 0 Å². The summed E-state index contributed by atoms with van der Waals surface area (Å²) in [5.74, 6) is 1.26. The molecular formula is C19H19N3O. The highest BCUT2D eigenvalue weighted by Gasteiger charge is 2.35. The lowest BCUT2D eigenvalue weighted by molar-refractivity contribution is -0.129. The second-order valence-electron chi connectivity index (χ2n) is 6.17. The summed E-state index contributed by atoms with van der Waals surface area (Å²) in [6.07, 6.45) is 0.525. The molecule has 1 aromatic heterocycles. The highest BCUT2D eigenvalue weighted by atomic mass is 16.2. The van der Waals surface area contributed by atoms with E-state index in [2.05, 4.69) is 29.0 Å². The first-order chi connectivity index (χ1) is 11.2. The number of carbonyl (C=O) groups is 1. The summed E-state index contributed by atoms with van der Waals surface area (Å²) in [7, 11) is 0. The summed E-state index contributed by atoms with van der Waals surface area (Å²) in [6, 6.07) is 18.3. The van der Waals surface area contributed by atoms with Crippen LogP contribution in [0.3, 0.4) is 0 Å². The lowest BCUT2D eigenvalue weighted by Gasteiger charge is -2.25. The summed E-state index contributed by atoms with van der Waals surface area (Å²) < 4.78 is 0. The number of rotatable bonds is 3. The van der Waals surface area contributed by atoms with Gasteiger partial charge in [-0.25, -0.2) is 4.98 Å². The van der Waals surface area contributed by atoms with Crippen LogP contribution in [0.15, 0.2) is 54.6 Å². The van der Waals surface area contributed by atoms with Gasteiger partial charge in [0.2, 0.25) is 5.91 Å². The van der Waals surface area contributed by atoms with Gasteiger partial charge in [0.15, 0.2) is 0 Å². The van der Waals surface area contributed by atoms with E-state index >= 15 is 0 Å². The van der Waals surface area contributed by atoms with E-state index in [9.17, 15) is 4.79 Å². The number of amides is 1. The molecular weight excluding hydrogens is 286 g/mol. The van der Waals surface area contributed by atoms with Gasteiger partial charge in [-0.3, -0.25) is 4.79 Å². The minimum atomic E-state index is 0.0954. The highest BCUT2D eigenvalue weighted by molar-refractivity contribution is 5.81. The van der Waals surface area contributed by atoms with E-state index in [-0.39, 0.29) is 17.9 Å². The molecule has 1 aliphatic rings. The van der Waals surface area contributed by atoms with Crippen LogP contribution in [0.5, 0.6) is 0 Å². The van der Waals surface area contributed by atoms with E-state index in [4.69, 9.17) is 0 Å². The third kappa shape index (κ3) is 2.50. The number of carbonyl (C=O) groups excluding carboxylic acids is 1. The molecule has 0 spiro atoms. The first-order valence-corrected chi connectivity index (χ1v) is 8.01. The maximum Gasteiger partial charge on any atom is 0.223 e. The predicted molar refractivity (Wildman–Crippen MR) is 90.0 cm³/mol. The van der Waals surface area contributed by atoms with Gasteiger partial charge < -0.3 is 9.88 Å². The monoisotopic (exact) mass is 305 g/mol. The summed E-state index contributed by atoms with van der Waals surface area (Å²) in [5.41, 5.74) is 3.17. The molecule has 0 unspecified atom stereocenters. The number of hydrogen-bond acceptors (Lipinski definition) is 2. The zero-order valence-corrected chi connectivity index (χ0v) is 13.1. The van der Waals surface area contributed by atoms with Gasteiger partial charge in [-0.15, -0.1) is 0 Å². The number of aromatic amines is 1. The Kier molecular flexibility index (Phi) is 3.37. The van der Waals surface area contributed by atoms with Crippen LogP contribution < -0.4 is 0 Å². The lowest BCUT2D eigenvalue weighted by Crippen LogP contribution is -2.28. The normalized spacial score (nSPS) is 19.4. The summed E-state index contributed by atoms with van der Waals surface area (Å²) >= 11 is 0. The molecule has 4 nitrogen and oxygen atoms in total. The molecule has 1 fully saturated rings. The van der Waals surface area contributed by atoms with E-state index < -0.39 is 0 Å². The van der Waals surface area contributed by atoms with Crippen molar-refractivity contribution in [1.29, 1.82) is 0 Å². The maximum atomic E-state index is 12.5. The Morgan fingerprint density at radius 1 is 1.13 bits per heavy atom. The van der Waals surface area contributed by atoms with Gasteiger partial charge in [0, 0.05) is 18.9 Å². The Bertz CT molecular complexity index is 807. The molecule has 3 aromatic rings. The van der Waals surface area contributed by atoms with Gasteiger partial charge in [0.1, 0.15) is 5.82 Å². The molecule has 1 aliphatic heterocycles. The fourth-order valence-electron chi connectivity index (χ4n) is 3.37. The number of likely N-dealkylation sites (tertiary alicyclic amines) is 1. The Balaban J connectivity index is 1.58. The van der Waals surface area contributed by atoms with Crippen molar-refractivity contribution in [2.24, 2.45) is 0 Å². The number of nitrogens with one attached hydrogen (secondary N) is 1. The Morgan fingerprint density at radius 2 is 1.87 bits per heavy atom. The van der Waals surface area contributed by atoms with Crippen LogP contribution in [0.1, 0.15) is 36.7 Å². The van der Waals surface area contributed by atoms with Crippen molar-refractivity contribution in [3.8, 4) is 0 Å². The third-order valence-electron chi connectivity index (χ3n) is 4.70. The predicted octanol–water partition coefficient (Wildman–Crippen LogP) is 3.64. The smallest absolute Gasteiger partial charge is 0.223 e. The zero-order valence-electron chi connectivity index (χ0n) is 13.1. The molecule has 0 aliphatic carbocycles. The minimum Gasteiger partial charge on any atom is -0.342 e. The third-order valence-corrected chi connectivity index (χ3v) is 4.70. The molecule has 0 bridgehead atoms. The Hall–Kier alpha value is -2.62. The molecule has 2 heterocycles. The van der Waals surface area contributed by atoms with Crippen molar-refractivity contribution in [2.75, 3.05) is 6.54 Å². The number of imidazole rings is 1. The van der Waals surface area contributed by atoms with E-state index in [0.29, 0.717) is 13.0 Å². The topological polar surface area (TPSA) is 49.0 Å². The summed E-state index contributed by atoms with van der Waals surface area (Å²) in [4.78, 5) is 22.5. The molecule has 0 saturated carbocycles. The maximum absolute atomic E-state index is 12.5. The number of para-hydroxylation sites is 2. The van der Waals surface area contributed by atoms with Gasteiger partial charge >= 0.3 is 0 Å². The van der Waals surface area contributed by atoms with Crippen LogP contribution in [0, 0.1) is 0 Å². The SMILES string of the molecule is C[C@@H](c1ccccc1)N1C[C@@H](c2nc3ccccc3[nH]2)CC1=O. The number of fused-ring (bicyclic) bond motifs is 1. The van der Waals surface area contributed by atoms with Crippen LogP contribution >= 0.6 is 0 Å². The van der Waals surface area contributed by atoms with Gasteiger partial charge in [-0.2, -0.15) is 0 Å². The molecule has 4 heteroatoms. The highest BCUT2D eigenvalue weighted by Crippen LogP contribution is 2.33. The van der Waals surface area contributed by atoms with E-state index in [1.165, 1.54) is 5.56 Å². The molecule has 1 N–H and O–H groups in total. The fourth-order valence-corrected chi connectivity index (χ4v) is 3.37. The van der Waals surface area contributed by atoms with Crippen LogP contribution in [0.4, 0.5) is 0 Å². The number of benzene rings is 2. The quantitative estimate of drug-likeness (QED) is 0.803. The van der Waals surface area contributed by atoms with E-state index in [0.717, 1.165) is 16.9 Å². The Labute approximate surface area is 135 Å². The molecule has 1 amide bonds. The summed E-state index contributed by atoms with van der Waals surface area (Å²) in [6.45, 7) is 2.81. The van der Waals surface area contributed by atoms with Gasteiger partial charge in [-0.1, -0.05) is 42.5 Å². The molecule has 23 heavy (non-hydrogen) atoms. The van der Waals surface area contributed by atoms with Crippen molar-refractivity contribution in [3.05, 3.63) is 66.0 Å². The number of H-pyrrole nitrogens is 1. The number of aromatic nitrogens is 2. The second kappa shape index (κ2) is 5.54. The van der Waals surface area contributed by atoms with Gasteiger partial charge in [0.05, 0.1) is 17.1 Å². The van der Waals surface area contributed by atoms with Crippen LogP contribution in [-0.2, 0) is 4.79 Å². The fraction of sp³-hybridized carbons (Fsp3) is 0.263. The number of hydrogen-bond donors (Lipinski definition) is 1.